The van der Waals surface area contributed by atoms with E-state index in [4.69, 9.17) is 32.7 Å². The topological polar surface area (TPSA) is 53.4 Å². The zero-order valence-corrected chi connectivity index (χ0v) is 20.8. The van der Waals surface area contributed by atoms with Gasteiger partial charge in [-0.15, -0.1) is 34.5 Å². The third kappa shape index (κ3) is 5.12. The molecule has 184 valence electrons. The van der Waals surface area contributed by atoms with Crippen LogP contribution in [0.5, 0.6) is 5.75 Å². The second kappa shape index (κ2) is 10.1. The Morgan fingerprint density at radius 1 is 1.20 bits per heavy atom. The number of carbonyl (C=O) groups is 1. The molecule has 11 heteroatoms. The first-order valence-corrected chi connectivity index (χ1v) is 12.1. The van der Waals surface area contributed by atoms with Gasteiger partial charge >= 0.3 is 12.1 Å². The SMILES string of the molecule is COC(=O)c1sc(-n2cnc3ccc(C(Cl)CCl)cc32)cc1O[C@H](C)c1ccccc1C(F)(F)F. The maximum atomic E-state index is 13.5. The summed E-state index contributed by atoms with van der Waals surface area (Å²) in [5, 5.41) is 0.167. The molecule has 0 radical (unpaired) electrons. The van der Waals surface area contributed by atoms with Gasteiger partial charge in [0, 0.05) is 17.5 Å². The van der Waals surface area contributed by atoms with Crippen LogP contribution in [0.4, 0.5) is 13.2 Å². The van der Waals surface area contributed by atoms with Gasteiger partial charge in [-0.2, -0.15) is 13.2 Å². The van der Waals surface area contributed by atoms with E-state index in [1.54, 1.807) is 17.0 Å². The van der Waals surface area contributed by atoms with Crippen molar-refractivity contribution < 1.29 is 27.4 Å². The van der Waals surface area contributed by atoms with Crippen LogP contribution in [0, 0.1) is 0 Å². The van der Waals surface area contributed by atoms with Crippen LogP contribution in [-0.2, 0) is 10.9 Å². The minimum atomic E-state index is -4.55. The van der Waals surface area contributed by atoms with Gasteiger partial charge in [0.05, 0.1) is 29.1 Å². The highest BCUT2D eigenvalue weighted by Gasteiger charge is 2.35. The summed E-state index contributed by atoms with van der Waals surface area (Å²) >= 11 is 13.3. The lowest BCUT2D eigenvalue weighted by Gasteiger charge is -2.19. The molecule has 0 N–H and O–H groups in total. The van der Waals surface area contributed by atoms with E-state index in [2.05, 4.69) is 4.98 Å². The van der Waals surface area contributed by atoms with Gasteiger partial charge in [-0.3, -0.25) is 4.57 Å². The predicted molar refractivity (Wildman–Crippen MR) is 130 cm³/mol. The summed E-state index contributed by atoms with van der Waals surface area (Å²) in [4.78, 5) is 17.0. The highest BCUT2D eigenvalue weighted by Crippen LogP contribution is 2.40. The quantitative estimate of drug-likeness (QED) is 0.178. The molecule has 1 unspecified atom stereocenters. The zero-order chi connectivity index (χ0) is 25.3. The number of fused-ring (bicyclic) bond motifs is 1. The predicted octanol–water partition coefficient (Wildman–Crippen LogP) is 7.55. The second-order valence-corrected chi connectivity index (χ2v) is 9.47. The molecule has 0 aliphatic carbocycles. The van der Waals surface area contributed by atoms with E-state index in [0.29, 0.717) is 10.5 Å². The Kier molecular flexibility index (Phi) is 7.30. The highest BCUT2D eigenvalue weighted by atomic mass is 35.5. The summed E-state index contributed by atoms with van der Waals surface area (Å²) in [7, 11) is 1.22. The van der Waals surface area contributed by atoms with E-state index >= 15 is 0 Å². The number of rotatable bonds is 7. The fraction of sp³-hybridized carbons (Fsp3) is 0.250. The van der Waals surface area contributed by atoms with E-state index < -0.39 is 29.2 Å². The number of aromatic nitrogens is 2. The van der Waals surface area contributed by atoms with Crippen LogP contribution in [0.3, 0.4) is 0 Å². The summed E-state index contributed by atoms with van der Waals surface area (Å²) in [5.74, 6) is -0.335. The molecule has 0 saturated heterocycles. The molecular weight excluding hydrogens is 524 g/mol. The number of halogens is 5. The third-order valence-electron chi connectivity index (χ3n) is 5.37. The number of hydrogen-bond acceptors (Lipinski definition) is 5. The van der Waals surface area contributed by atoms with E-state index in [9.17, 15) is 18.0 Å². The molecule has 4 rings (SSSR count). The molecule has 0 amide bonds. The lowest BCUT2D eigenvalue weighted by Crippen LogP contribution is -2.14. The van der Waals surface area contributed by atoms with Gasteiger partial charge < -0.3 is 9.47 Å². The number of benzene rings is 2. The van der Waals surface area contributed by atoms with Crippen molar-refractivity contribution in [3.8, 4) is 10.8 Å². The smallest absolute Gasteiger partial charge is 0.416 e. The van der Waals surface area contributed by atoms with Crippen LogP contribution in [-0.4, -0.2) is 28.5 Å². The normalized spacial score (nSPS) is 13.6. The Morgan fingerprint density at radius 3 is 2.63 bits per heavy atom. The van der Waals surface area contributed by atoms with Gasteiger partial charge in [0.2, 0.25) is 0 Å². The summed E-state index contributed by atoms with van der Waals surface area (Å²) < 4.78 is 53.0. The molecule has 0 bridgehead atoms. The highest BCUT2D eigenvalue weighted by molar-refractivity contribution is 7.16. The Morgan fingerprint density at radius 2 is 1.94 bits per heavy atom. The molecule has 5 nitrogen and oxygen atoms in total. The number of hydrogen-bond donors (Lipinski definition) is 0. The maximum absolute atomic E-state index is 13.5. The number of thiophene rings is 1. The molecule has 2 heterocycles. The molecule has 0 aliphatic rings. The molecule has 4 aromatic rings. The molecule has 2 aromatic carbocycles. The molecule has 0 fully saturated rings. The van der Waals surface area contributed by atoms with E-state index in [0.717, 1.165) is 28.5 Å². The number of alkyl halides is 5. The zero-order valence-electron chi connectivity index (χ0n) is 18.5. The minimum absolute atomic E-state index is 0.0458. The Balaban J connectivity index is 1.76. The van der Waals surface area contributed by atoms with Crippen LogP contribution in [0.1, 0.15) is 44.8 Å². The van der Waals surface area contributed by atoms with Crippen LogP contribution >= 0.6 is 34.5 Å². The molecule has 35 heavy (non-hydrogen) atoms. The number of ether oxygens (including phenoxy) is 2. The van der Waals surface area contributed by atoms with Gasteiger partial charge in [-0.05, 0) is 30.7 Å². The third-order valence-corrected chi connectivity index (χ3v) is 7.34. The van der Waals surface area contributed by atoms with Gasteiger partial charge in [0.1, 0.15) is 23.2 Å². The summed E-state index contributed by atoms with van der Waals surface area (Å²) in [6, 6.07) is 12.2. The molecular formula is C24H19Cl2F3N2O3S. The van der Waals surface area contributed by atoms with Gasteiger partial charge in [0.15, 0.2) is 4.88 Å². The van der Waals surface area contributed by atoms with Gasteiger partial charge in [0.25, 0.3) is 0 Å². The average Bonchev–Trinajstić information content (AvgIpc) is 3.46. The van der Waals surface area contributed by atoms with Crippen LogP contribution in [0.2, 0.25) is 0 Å². The number of methoxy groups -OCH3 is 1. The van der Waals surface area contributed by atoms with Crippen LogP contribution in [0.15, 0.2) is 54.9 Å². The number of esters is 1. The first kappa shape index (κ1) is 25.3. The fourth-order valence-electron chi connectivity index (χ4n) is 3.65. The Hall–Kier alpha value is -2.75. The van der Waals surface area contributed by atoms with Crippen molar-refractivity contribution in [1.82, 2.24) is 9.55 Å². The molecule has 0 aliphatic heterocycles. The largest absolute Gasteiger partial charge is 0.484 e. The molecule has 0 spiro atoms. The lowest BCUT2D eigenvalue weighted by atomic mass is 10.0. The Labute approximate surface area is 213 Å². The van der Waals surface area contributed by atoms with Crippen molar-refractivity contribution in [2.75, 3.05) is 13.0 Å². The van der Waals surface area contributed by atoms with E-state index in [1.165, 1.54) is 32.2 Å². The minimum Gasteiger partial charge on any atom is -0.484 e. The standard InChI is InChI=1S/C24H19Cl2F3N2O3S/c1-13(15-5-3-4-6-16(15)24(27,28)29)34-20-10-21(35-22(20)23(32)33-2)31-12-30-18-8-7-14(9-19(18)31)17(26)11-25/h3-10,12-13,17H,11H2,1-2H3/t13-,17?/m1/s1. The van der Waals surface area contributed by atoms with Gasteiger partial charge in [-0.25, -0.2) is 9.78 Å². The van der Waals surface area contributed by atoms with Crippen LogP contribution < -0.4 is 4.74 Å². The van der Waals surface area contributed by atoms with Crippen LogP contribution in [0.25, 0.3) is 16.0 Å². The summed E-state index contributed by atoms with van der Waals surface area (Å²) in [6.45, 7) is 1.49. The molecule has 2 aromatic heterocycles. The first-order chi connectivity index (χ1) is 16.6. The maximum Gasteiger partial charge on any atom is 0.416 e. The van der Waals surface area contributed by atoms with Gasteiger partial charge in [-0.1, -0.05) is 24.3 Å². The van der Waals surface area contributed by atoms with Crippen molar-refractivity contribution in [3.05, 3.63) is 76.4 Å². The number of imidazole rings is 1. The summed E-state index contributed by atoms with van der Waals surface area (Å²) in [6.07, 6.45) is -3.96. The number of carbonyl (C=O) groups excluding carboxylic acids is 1. The average molecular weight is 543 g/mol. The first-order valence-electron chi connectivity index (χ1n) is 10.4. The van der Waals surface area contributed by atoms with Crippen molar-refractivity contribution in [2.45, 2.75) is 24.6 Å². The van der Waals surface area contributed by atoms with E-state index in [1.807, 2.05) is 18.2 Å². The molecule has 2 atom stereocenters. The summed E-state index contributed by atoms with van der Waals surface area (Å²) in [5.41, 5.74) is 1.36. The lowest BCUT2D eigenvalue weighted by molar-refractivity contribution is -0.139. The Bertz CT molecular complexity index is 1370. The fourth-order valence-corrected chi connectivity index (χ4v) is 4.96. The van der Waals surface area contributed by atoms with E-state index in [-0.39, 0.29) is 22.1 Å². The van der Waals surface area contributed by atoms with Crippen molar-refractivity contribution in [2.24, 2.45) is 0 Å². The van der Waals surface area contributed by atoms with Crippen molar-refractivity contribution in [3.63, 3.8) is 0 Å². The second-order valence-electron chi connectivity index (χ2n) is 7.60. The van der Waals surface area contributed by atoms with Crippen molar-refractivity contribution >= 4 is 51.5 Å². The number of nitrogens with zero attached hydrogens (tertiary/aromatic N) is 2. The molecule has 0 saturated carbocycles. The van der Waals surface area contributed by atoms with Crippen molar-refractivity contribution in [1.29, 1.82) is 0 Å². The monoisotopic (exact) mass is 542 g/mol.